The number of amides is 2. The highest BCUT2D eigenvalue weighted by Crippen LogP contribution is 2.21. The molecule has 0 aliphatic rings. The van der Waals surface area contributed by atoms with Gasteiger partial charge in [0.1, 0.15) is 11.8 Å². The van der Waals surface area contributed by atoms with Crippen LogP contribution < -0.4 is 10.1 Å². The lowest BCUT2D eigenvalue weighted by molar-refractivity contribution is -0.142. The van der Waals surface area contributed by atoms with Crippen LogP contribution >= 0.6 is 11.6 Å². The molecule has 2 aromatic carbocycles. The summed E-state index contributed by atoms with van der Waals surface area (Å²) in [4.78, 5) is 26.9. The van der Waals surface area contributed by atoms with Crippen molar-refractivity contribution in [2.75, 3.05) is 13.7 Å². The van der Waals surface area contributed by atoms with Gasteiger partial charge in [-0.05, 0) is 55.2 Å². The molecule has 5 nitrogen and oxygen atoms in total. The zero-order valence-corrected chi connectivity index (χ0v) is 17.5. The molecule has 2 amide bonds. The summed E-state index contributed by atoms with van der Waals surface area (Å²) >= 11 is 5.95. The summed E-state index contributed by atoms with van der Waals surface area (Å²) in [6.07, 6.45) is 0.502. The highest BCUT2D eigenvalue weighted by atomic mass is 35.5. The largest absolute Gasteiger partial charge is 0.483 e. The zero-order valence-electron chi connectivity index (χ0n) is 16.8. The molecule has 2 rings (SSSR count). The Hall–Kier alpha value is -2.53. The van der Waals surface area contributed by atoms with Crippen molar-refractivity contribution in [1.29, 1.82) is 0 Å². The van der Waals surface area contributed by atoms with Crippen LogP contribution in [-0.2, 0) is 16.1 Å². The molecule has 0 bridgehead atoms. The Labute approximate surface area is 171 Å². The van der Waals surface area contributed by atoms with Crippen LogP contribution in [0.3, 0.4) is 0 Å². The maximum Gasteiger partial charge on any atom is 0.261 e. The van der Waals surface area contributed by atoms with Crippen LogP contribution in [0.15, 0.2) is 42.5 Å². The van der Waals surface area contributed by atoms with E-state index in [2.05, 4.69) is 5.32 Å². The SMILES string of the molecule is CC[C@@H](C(=O)NC)N(Cc1ccc(Cl)cc1)C(=O)COc1cccc(C)c1C. The molecule has 1 atom stereocenters. The Morgan fingerprint density at radius 3 is 2.43 bits per heavy atom. The van der Waals surface area contributed by atoms with Gasteiger partial charge in [0.15, 0.2) is 6.61 Å². The van der Waals surface area contributed by atoms with Gasteiger partial charge in [-0.1, -0.05) is 42.8 Å². The van der Waals surface area contributed by atoms with Crippen LogP contribution in [0.25, 0.3) is 0 Å². The van der Waals surface area contributed by atoms with Gasteiger partial charge in [0.25, 0.3) is 5.91 Å². The number of ether oxygens (including phenoxy) is 1. The van der Waals surface area contributed by atoms with Crippen molar-refractivity contribution in [2.24, 2.45) is 0 Å². The van der Waals surface area contributed by atoms with Crippen molar-refractivity contribution >= 4 is 23.4 Å². The molecule has 0 saturated heterocycles. The molecule has 0 aromatic heterocycles. The summed E-state index contributed by atoms with van der Waals surface area (Å²) in [6, 6.07) is 12.4. The smallest absolute Gasteiger partial charge is 0.261 e. The van der Waals surface area contributed by atoms with Crippen LogP contribution in [0.2, 0.25) is 5.02 Å². The second kappa shape index (κ2) is 10.1. The molecule has 6 heteroatoms. The first kappa shape index (κ1) is 21.8. The maximum atomic E-state index is 13.0. The molecule has 0 fully saturated rings. The van der Waals surface area contributed by atoms with Gasteiger partial charge < -0.3 is 15.0 Å². The number of hydrogen-bond acceptors (Lipinski definition) is 3. The van der Waals surface area contributed by atoms with Crippen LogP contribution in [-0.4, -0.2) is 36.4 Å². The lowest BCUT2D eigenvalue weighted by Gasteiger charge is -2.30. The number of rotatable bonds is 8. The van der Waals surface area contributed by atoms with Gasteiger partial charge in [0.05, 0.1) is 0 Å². The van der Waals surface area contributed by atoms with Crippen molar-refractivity contribution in [2.45, 2.75) is 39.8 Å². The fourth-order valence-corrected chi connectivity index (χ4v) is 3.10. The number of hydrogen-bond donors (Lipinski definition) is 1. The zero-order chi connectivity index (χ0) is 20.7. The number of carbonyl (C=O) groups is 2. The van der Waals surface area contributed by atoms with Crippen molar-refractivity contribution < 1.29 is 14.3 Å². The van der Waals surface area contributed by atoms with Gasteiger partial charge in [-0.25, -0.2) is 0 Å². The number of nitrogens with one attached hydrogen (secondary N) is 1. The summed E-state index contributed by atoms with van der Waals surface area (Å²) in [5.41, 5.74) is 2.99. The Morgan fingerprint density at radius 1 is 1.14 bits per heavy atom. The Bertz CT molecular complexity index is 821. The second-order valence-electron chi connectivity index (χ2n) is 6.67. The van der Waals surface area contributed by atoms with E-state index in [1.165, 1.54) is 0 Å². The van der Waals surface area contributed by atoms with Gasteiger partial charge in [-0.3, -0.25) is 9.59 Å². The number of nitrogens with zero attached hydrogens (tertiary/aromatic N) is 1. The summed E-state index contributed by atoms with van der Waals surface area (Å²) in [6.45, 7) is 6.01. The minimum absolute atomic E-state index is 0.134. The fraction of sp³-hybridized carbons (Fsp3) is 0.364. The van der Waals surface area contributed by atoms with Crippen LogP contribution in [0, 0.1) is 13.8 Å². The first-order chi connectivity index (χ1) is 13.4. The Balaban J connectivity index is 2.21. The van der Waals surface area contributed by atoms with E-state index in [0.717, 1.165) is 16.7 Å². The highest BCUT2D eigenvalue weighted by Gasteiger charge is 2.28. The molecule has 0 aliphatic heterocycles. The van der Waals surface area contributed by atoms with E-state index in [1.54, 1.807) is 24.1 Å². The molecule has 0 saturated carbocycles. The maximum absolute atomic E-state index is 13.0. The van der Waals surface area contributed by atoms with Crippen molar-refractivity contribution in [3.05, 3.63) is 64.2 Å². The van der Waals surface area contributed by atoms with Crippen molar-refractivity contribution in [3.63, 3.8) is 0 Å². The number of carbonyl (C=O) groups excluding carboxylic acids is 2. The van der Waals surface area contributed by atoms with Gasteiger partial charge in [0.2, 0.25) is 5.91 Å². The van der Waals surface area contributed by atoms with E-state index in [-0.39, 0.29) is 18.4 Å². The first-order valence-electron chi connectivity index (χ1n) is 9.31. The molecule has 1 N–H and O–H groups in total. The predicted molar refractivity (Wildman–Crippen MR) is 112 cm³/mol. The van der Waals surface area contributed by atoms with Crippen molar-refractivity contribution in [3.8, 4) is 5.75 Å². The second-order valence-corrected chi connectivity index (χ2v) is 7.11. The molecular formula is C22H27ClN2O3. The number of aryl methyl sites for hydroxylation is 1. The average Bonchev–Trinajstić information content (AvgIpc) is 2.69. The van der Waals surface area contributed by atoms with Crippen LogP contribution in [0.5, 0.6) is 5.75 Å². The molecule has 0 aliphatic carbocycles. The van der Waals surface area contributed by atoms with E-state index in [4.69, 9.17) is 16.3 Å². The number of halogens is 1. The summed E-state index contributed by atoms with van der Waals surface area (Å²) < 4.78 is 5.78. The van der Waals surface area contributed by atoms with Gasteiger partial charge in [-0.15, -0.1) is 0 Å². The normalized spacial score (nSPS) is 11.6. The quantitative estimate of drug-likeness (QED) is 0.728. The van der Waals surface area contributed by atoms with E-state index in [9.17, 15) is 9.59 Å². The average molecular weight is 403 g/mol. The Kier molecular flexibility index (Phi) is 7.88. The lowest BCUT2D eigenvalue weighted by atomic mass is 10.1. The fourth-order valence-electron chi connectivity index (χ4n) is 2.98. The molecule has 28 heavy (non-hydrogen) atoms. The van der Waals surface area contributed by atoms with Crippen LogP contribution in [0.1, 0.15) is 30.0 Å². The molecule has 0 unspecified atom stereocenters. The Morgan fingerprint density at radius 2 is 1.82 bits per heavy atom. The van der Waals surface area contributed by atoms with Gasteiger partial charge >= 0.3 is 0 Å². The predicted octanol–water partition coefficient (Wildman–Crippen LogP) is 3.89. The van der Waals surface area contributed by atoms with E-state index in [1.807, 2.05) is 51.1 Å². The third kappa shape index (κ3) is 5.49. The molecule has 2 aromatic rings. The molecular weight excluding hydrogens is 376 g/mol. The standard InChI is InChI=1S/C22H27ClN2O3/c1-5-19(22(27)24-4)25(13-17-9-11-18(23)12-10-17)21(26)14-28-20-8-6-7-15(2)16(20)3/h6-12,19H,5,13-14H2,1-4H3,(H,24,27)/t19-/m0/s1. The number of benzene rings is 2. The summed E-state index contributed by atoms with van der Waals surface area (Å²) in [5.74, 6) is 0.232. The lowest BCUT2D eigenvalue weighted by Crippen LogP contribution is -2.49. The van der Waals surface area contributed by atoms with E-state index >= 15 is 0 Å². The minimum atomic E-state index is -0.574. The monoisotopic (exact) mass is 402 g/mol. The van der Waals surface area contributed by atoms with E-state index < -0.39 is 6.04 Å². The third-order valence-corrected chi connectivity index (χ3v) is 5.06. The molecule has 0 radical (unpaired) electrons. The topological polar surface area (TPSA) is 58.6 Å². The number of likely N-dealkylation sites (N-methyl/N-ethyl adjacent to an activating group) is 1. The van der Waals surface area contributed by atoms with E-state index in [0.29, 0.717) is 23.7 Å². The third-order valence-electron chi connectivity index (χ3n) is 4.80. The summed E-state index contributed by atoms with van der Waals surface area (Å²) in [7, 11) is 1.57. The minimum Gasteiger partial charge on any atom is -0.483 e. The van der Waals surface area contributed by atoms with Gasteiger partial charge in [-0.2, -0.15) is 0 Å². The molecule has 0 heterocycles. The molecule has 0 spiro atoms. The first-order valence-corrected chi connectivity index (χ1v) is 9.69. The molecule has 150 valence electrons. The highest BCUT2D eigenvalue weighted by molar-refractivity contribution is 6.30. The summed E-state index contributed by atoms with van der Waals surface area (Å²) in [5, 5.41) is 3.27. The van der Waals surface area contributed by atoms with Crippen LogP contribution in [0.4, 0.5) is 0 Å². The van der Waals surface area contributed by atoms with Gasteiger partial charge in [0, 0.05) is 18.6 Å². The van der Waals surface area contributed by atoms with Crippen molar-refractivity contribution in [1.82, 2.24) is 10.2 Å².